The molecule has 116 valence electrons. The van der Waals surface area contributed by atoms with Gasteiger partial charge in [-0.1, -0.05) is 0 Å². The number of fused-ring (bicyclic) bond motifs is 1. The smallest absolute Gasteiger partial charge is 0.293 e. The summed E-state index contributed by atoms with van der Waals surface area (Å²) < 4.78 is 1.76. The van der Waals surface area contributed by atoms with E-state index in [9.17, 15) is 4.79 Å². The number of piperidine rings is 1. The Hall–Kier alpha value is -1.36. The van der Waals surface area contributed by atoms with E-state index in [1.807, 2.05) is 20.8 Å². The van der Waals surface area contributed by atoms with Gasteiger partial charge >= 0.3 is 0 Å². The highest BCUT2D eigenvalue weighted by atomic mass is 16.1. The average molecular weight is 290 g/mol. The first-order valence-corrected chi connectivity index (χ1v) is 8.04. The first-order valence-electron chi connectivity index (χ1n) is 8.04. The molecule has 2 saturated heterocycles. The van der Waals surface area contributed by atoms with E-state index < -0.39 is 0 Å². The molecule has 1 aromatic heterocycles. The van der Waals surface area contributed by atoms with Crippen molar-refractivity contribution in [3.05, 3.63) is 22.7 Å². The van der Waals surface area contributed by atoms with Gasteiger partial charge in [-0.25, -0.2) is 4.98 Å². The van der Waals surface area contributed by atoms with E-state index >= 15 is 0 Å². The van der Waals surface area contributed by atoms with Gasteiger partial charge in [-0.15, -0.1) is 0 Å². The first-order chi connectivity index (χ1) is 9.95. The molecule has 21 heavy (non-hydrogen) atoms. The number of hydrogen-bond donors (Lipinski definition) is 1. The van der Waals surface area contributed by atoms with Crippen LogP contribution in [0, 0.1) is 0 Å². The standard InChI is InChI=1S/C16H26N4O/c1-16(2,3)20-10-7-17-14(15(20)21)18-12-6-9-19-8-4-5-13(19)11-12/h7,10,12-13H,4-6,8-9,11H2,1-3H3,(H,17,18). The Bertz CT molecular complexity index is 560. The van der Waals surface area contributed by atoms with E-state index in [0.29, 0.717) is 17.9 Å². The topological polar surface area (TPSA) is 50.2 Å². The quantitative estimate of drug-likeness (QED) is 0.905. The molecule has 1 N–H and O–H groups in total. The zero-order valence-corrected chi connectivity index (χ0v) is 13.3. The molecule has 0 spiro atoms. The van der Waals surface area contributed by atoms with E-state index in [2.05, 4.69) is 15.2 Å². The Labute approximate surface area is 126 Å². The number of rotatable bonds is 2. The molecule has 0 aliphatic carbocycles. The molecule has 2 aliphatic heterocycles. The molecule has 1 aromatic rings. The lowest BCUT2D eigenvalue weighted by Gasteiger charge is -2.35. The highest BCUT2D eigenvalue weighted by Gasteiger charge is 2.32. The van der Waals surface area contributed by atoms with Gasteiger partial charge in [0.2, 0.25) is 0 Å². The van der Waals surface area contributed by atoms with Crippen molar-refractivity contribution in [2.45, 2.75) is 64.1 Å². The molecule has 2 atom stereocenters. The van der Waals surface area contributed by atoms with Crippen molar-refractivity contribution in [2.75, 3.05) is 18.4 Å². The van der Waals surface area contributed by atoms with Gasteiger partial charge in [0.1, 0.15) is 0 Å². The summed E-state index contributed by atoms with van der Waals surface area (Å²) in [6, 6.07) is 1.07. The normalized spacial score (nSPS) is 26.6. The SMILES string of the molecule is CC(C)(C)n1ccnc(NC2CCN3CCCC3C2)c1=O. The van der Waals surface area contributed by atoms with Crippen LogP contribution in [0.15, 0.2) is 17.2 Å². The second-order valence-electron chi connectivity index (χ2n) is 7.32. The summed E-state index contributed by atoms with van der Waals surface area (Å²) in [5, 5.41) is 3.40. The van der Waals surface area contributed by atoms with Crippen molar-refractivity contribution in [3.8, 4) is 0 Å². The van der Waals surface area contributed by atoms with Crippen molar-refractivity contribution in [3.63, 3.8) is 0 Å². The van der Waals surface area contributed by atoms with Crippen LogP contribution in [0.3, 0.4) is 0 Å². The molecule has 0 radical (unpaired) electrons. The maximum Gasteiger partial charge on any atom is 0.293 e. The lowest BCUT2D eigenvalue weighted by Crippen LogP contribution is -2.44. The van der Waals surface area contributed by atoms with Crippen LogP contribution in [0.2, 0.25) is 0 Å². The molecular weight excluding hydrogens is 264 g/mol. The number of hydrogen-bond acceptors (Lipinski definition) is 4. The summed E-state index contributed by atoms with van der Waals surface area (Å²) in [7, 11) is 0. The number of nitrogens with one attached hydrogen (secondary N) is 1. The van der Waals surface area contributed by atoms with Gasteiger partial charge in [-0.05, 0) is 53.0 Å². The molecule has 2 aliphatic rings. The zero-order valence-electron chi connectivity index (χ0n) is 13.3. The summed E-state index contributed by atoms with van der Waals surface area (Å²) in [5.74, 6) is 0.504. The monoisotopic (exact) mass is 290 g/mol. The Morgan fingerprint density at radius 3 is 2.86 bits per heavy atom. The minimum atomic E-state index is -0.217. The molecule has 0 amide bonds. The lowest BCUT2D eigenvalue weighted by atomic mass is 9.97. The highest BCUT2D eigenvalue weighted by molar-refractivity contribution is 5.33. The summed E-state index contributed by atoms with van der Waals surface area (Å²) >= 11 is 0. The van der Waals surface area contributed by atoms with E-state index in [1.54, 1.807) is 17.0 Å². The highest BCUT2D eigenvalue weighted by Crippen LogP contribution is 2.27. The molecule has 3 heterocycles. The molecule has 3 rings (SSSR count). The van der Waals surface area contributed by atoms with Crippen LogP contribution in [0.25, 0.3) is 0 Å². The van der Waals surface area contributed by atoms with Gasteiger partial charge in [0.25, 0.3) is 5.56 Å². The van der Waals surface area contributed by atoms with E-state index in [4.69, 9.17) is 0 Å². The van der Waals surface area contributed by atoms with Crippen molar-refractivity contribution in [2.24, 2.45) is 0 Å². The molecule has 2 fully saturated rings. The molecule has 0 saturated carbocycles. The second-order valence-corrected chi connectivity index (χ2v) is 7.32. The summed E-state index contributed by atoms with van der Waals surface area (Å²) in [5.41, 5.74) is -0.232. The van der Waals surface area contributed by atoms with Gasteiger partial charge in [0, 0.05) is 36.6 Å². The number of aromatic nitrogens is 2. The predicted octanol–water partition coefficient (Wildman–Crippen LogP) is 2.04. The van der Waals surface area contributed by atoms with Crippen LogP contribution in [-0.2, 0) is 5.54 Å². The molecule has 0 aromatic carbocycles. The van der Waals surface area contributed by atoms with Crippen LogP contribution < -0.4 is 10.9 Å². The molecular formula is C16H26N4O. The van der Waals surface area contributed by atoms with Crippen molar-refractivity contribution in [1.82, 2.24) is 14.5 Å². The average Bonchev–Trinajstić information content (AvgIpc) is 2.87. The first kappa shape index (κ1) is 14.6. The van der Waals surface area contributed by atoms with Crippen LogP contribution in [0.4, 0.5) is 5.82 Å². The minimum absolute atomic E-state index is 0.0150. The Morgan fingerprint density at radius 1 is 1.29 bits per heavy atom. The van der Waals surface area contributed by atoms with Crippen LogP contribution in [0.1, 0.15) is 46.5 Å². The molecule has 2 unspecified atom stereocenters. The summed E-state index contributed by atoms with van der Waals surface area (Å²) in [6.07, 6.45) is 8.34. The Morgan fingerprint density at radius 2 is 2.10 bits per heavy atom. The van der Waals surface area contributed by atoms with Crippen molar-refractivity contribution < 1.29 is 0 Å². The third kappa shape index (κ3) is 2.98. The third-order valence-corrected chi connectivity index (χ3v) is 4.72. The van der Waals surface area contributed by atoms with Crippen molar-refractivity contribution >= 4 is 5.82 Å². The van der Waals surface area contributed by atoms with Gasteiger partial charge in [0.15, 0.2) is 5.82 Å². The van der Waals surface area contributed by atoms with Crippen LogP contribution in [0.5, 0.6) is 0 Å². The molecule has 5 nitrogen and oxygen atoms in total. The third-order valence-electron chi connectivity index (χ3n) is 4.72. The van der Waals surface area contributed by atoms with Gasteiger partial charge < -0.3 is 14.8 Å². The van der Waals surface area contributed by atoms with Gasteiger partial charge in [-0.2, -0.15) is 0 Å². The number of anilines is 1. The van der Waals surface area contributed by atoms with E-state index in [1.165, 1.54) is 19.4 Å². The molecule has 0 bridgehead atoms. The fourth-order valence-corrected chi connectivity index (χ4v) is 3.59. The Kier molecular flexibility index (Phi) is 3.78. The Balaban J connectivity index is 1.75. The van der Waals surface area contributed by atoms with E-state index in [0.717, 1.165) is 19.4 Å². The largest absolute Gasteiger partial charge is 0.363 e. The molecule has 5 heteroatoms. The maximum atomic E-state index is 12.5. The number of nitrogens with zero attached hydrogens (tertiary/aromatic N) is 3. The fraction of sp³-hybridized carbons (Fsp3) is 0.750. The summed E-state index contributed by atoms with van der Waals surface area (Å²) in [4.78, 5) is 19.4. The van der Waals surface area contributed by atoms with Crippen molar-refractivity contribution in [1.29, 1.82) is 0 Å². The summed E-state index contributed by atoms with van der Waals surface area (Å²) in [6.45, 7) is 8.50. The maximum absolute atomic E-state index is 12.5. The lowest BCUT2D eigenvalue weighted by molar-refractivity contribution is 0.188. The van der Waals surface area contributed by atoms with E-state index in [-0.39, 0.29) is 11.1 Å². The fourth-order valence-electron chi connectivity index (χ4n) is 3.59. The zero-order chi connectivity index (χ0) is 15.0. The minimum Gasteiger partial charge on any atom is -0.363 e. The van der Waals surface area contributed by atoms with Crippen LogP contribution >= 0.6 is 0 Å². The second kappa shape index (κ2) is 5.44. The van der Waals surface area contributed by atoms with Gasteiger partial charge in [0.05, 0.1) is 0 Å². The van der Waals surface area contributed by atoms with Crippen LogP contribution in [-0.4, -0.2) is 39.6 Å². The van der Waals surface area contributed by atoms with Gasteiger partial charge in [-0.3, -0.25) is 4.79 Å². The predicted molar refractivity (Wildman–Crippen MR) is 84.7 cm³/mol.